The van der Waals surface area contributed by atoms with Crippen LogP contribution in [-0.2, 0) is 23.8 Å². The molecule has 1 aliphatic heterocycles. The minimum absolute atomic E-state index is 0.581. The summed E-state index contributed by atoms with van der Waals surface area (Å²) in [5.41, 5.74) is 2.85. The summed E-state index contributed by atoms with van der Waals surface area (Å²) in [5.74, 6) is 1.66. The van der Waals surface area contributed by atoms with E-state index in [1.807, 2.05) is 7.05 Å². The van der Waals surface area contributed by atoms with Crippen LogP contribution < -0.4 is 5.32 Å². The molecule has 1 aliphatic rings. The first kappa shape index (κ1) is 13.7. The molecule has 18 heavy (non-hydrogen) atoms. The van der Waals surface area contributed by atoms with Crippen LogP contribution in [0.5, 0.6) is 0 Å². The van der Waals surface area contributed by atoms with Gasteiger partial charge in [0.2, 0.25) is 0 Å². The van der Waals surface area contributed by atoms with Crippen LogP contribution in [0.1, 0.15) is 11.1 Å². The van der Waals surface area contributed by atoms with Crippen LogP contribution in [0.15, 0.2) is 24.3 Å². The van der Waals surface area contributed by atoms with Crippen LogP contribution in [0, 0.1) is 0 Å². The van der Waals surface area contributed by atoms with E-state index in [9.17, 15) is 4.21 Å². The van der Waals surface area contributed by atoms with Crippen molar-refractivity contribution in [3.8, 4) is 0 Å². The summed E-state index contributed by atoms with van der Waals surface area (Å²) in [5, 5.41) is 3.20. The first-order valence-corrected chi connectivity index (χ1v) is 8.07. The zero-order chi connectivity index (χ0) is 12.8. The Bertz CT molecular complexity index is 399. The molecule has 0 radical (unpaired) electrons. The molecular formula is C14H22N2OS. The van der Waals surface area contributed by atoms with Crippen LogP contribution in [0.3, 0.4) is 0 Å². The molecular weight excluding hydrogens is 244 g/mol. The Labute approximate surface area is 112 Å². The summed E-state index contributed by atoms with van der Waals surface area (Å²) in [6.07, 6.45) is 1.08. The molecule has 0 saturated carbocycles. The van der Waals surface area contributed by atoms with Crippen molar-refractivity contribution in [3.63, 3.8) is 0 Å². The van der Waals surface area contributed by atoms with Crippen LogP contribution in [0.25, 0.3) is 0 Å². The van der Waals surface area contributed by atoms with Gasteiger partial charge in [0.15, 0.2) is 0 Å². The Balaban J connectivity index is 1.97. The lowest BCUT2D eigenvalue weighted by molar-refractivity contribution is 0.290. The number of benzene rings is 1. The van der Waals surface area contributed by atoms with Crippen molar-refractivity contribution in [1.82, 2.24) is 10.2 Å². The number of hydrogen-bond acceptors (Lipinski definition) is 3. The molecule has 1 aromatic rings. The summed E-state index contributed by atoms with van der Waals surface area (Å²) in [6, 6.07) is 8.66. The van der Waals surface area contributed by atoms with Gasteiger partial charge in [0.1, 0.15) is 0 Å². The molecule has 0 atom stereocenters. The van der Waals surface area contributed by atoms with E-state index >= 15 is 0 Å². The third-order valence-corrected chi connectivity index (χ3v) is 4.70. The number of nitrogens with one attached hydrogen (secondary N) is 1. The molecule has 1 heterocycles. The van der Waals surface area contributed by atoms with Crippen LogP contribution in [0.4, 0.5) is 0 Å². The van der Waals surface area contributed by atoms with Gasteiger partial charge in [-0.25, -0.2) is 0 Å². The fourth-order valence-corrected chi connectivity index (χ4v) is 3.42. The Hall–Kier alpha value is -0.710. The summed E-state index contributed by atoms with van der Waals surface area (Å²) >= 11 is 0. The minimum atomic E-state index is -0.581. The average Bonchev–Trinajstić information content (AvgIpc) is 2.40. The Kier molecular flexibility index (Phi) is 5.35. The maximum atomic E-state index is 11.3. The van der Waals surface area contributed by atoms with E-state index in [1.165, 1.54) is 11.1 Å². The Morgan fingerprint density at radius 3 is 2.56 bits per heavy atom. The second-order valence-corrected chi connectivity index (χ2v) is 6.44. The van der Waals surface area contributed by atoms with Gasteiger partial charge < -0.3 is 5.32 Å². The molecule has 1 fully saturated rings. The summed E-state index contributed by atoms with van der Waals surface area (Å²) in [4.78, 5) is 2.42. The molecule has 0 aliphatic carbocycles. The summed E-state index contributed by atoms with van der Waals surface area (Å²) in [6.45, 7) is 3.94. The van der Waals surface area contributed by atoms with Crippen molar-refractivity contribution in [2.75, 3.05) is 38.2 Å². The van der Waals surface area contributed by atoms with Gasteiger partial charge in [-0.2, -0.15) is 0 Å². The van der Waals surface area contributed by atoms with E-state index in [0.29, 0.717) is 0 Å². The second-order valence-electron chi connectivity index (χ2n) is 4.75. The molecule has 0 bridgehead atoms. The van der Waals surface area contributed by atoms with Crippen LogP contribution >= 0.6 is 0 Å². The second kappa shape index (κ2) is 7.02. The van der Waals surface area contributed by atoms with Crippen LogP contribution in [-0.4, -0.2) is 47.3 Å². The summed E-state index contributed by atoms with van der Waals surface area (Å²) < 4.78 is 11.3. The van der Waals surface area contributed by atoms with Crippen molar-refractivity contribution in [1.29, 1.82) is 0 Å². The van der Waals surface area contributed by atoms with Gasteiger partial charge in [0.25, 0.3) is 0 Å². The van der Waals surface area contributed by atoms with Crippen molar-refractivity contribution in [2.24, 2.45) is 0 Å². The molecule has 2 rings (SSSR count). The zero-order valence-corrected chi connectivity index (χ0v) is 11.8. The van der Waals surface area contributed by atoms with E-state index in [2.05, 4.69) is 34.5 Å². The smallest absolute Gasteiger partial charge is 0.0363 e. The normalized spacial score (nSPS) is 18.1. The molecule has 1 aromatic carbocycles. The molecule has 3 nitrogen and oxygen atoms in total. The van der Waals surface area contributed by atoms with E-state index < -0.39 is 10.8 Å². The molecule has 0 aromatic heterocycles. The van der Waals surface area contributed by atoms with Gasteiger partial charge in [-0.1, -0.05) is 24.3 Å². The van der Waals surface area contributed by atoms with Gasteiger partial charge in [-0.3, -0.25) is 9.11 Å². The molecule has 0 amide bonds. The monoisotopic (exact) mass is 266 g/mol. The Morgan fingerprint density at radius 1 is 1.22 bits per heavy atom. The maximum Gasteiger partial charge on any atom is 0.0363 e. The van der Waals surface area contributed by atoms with E-state index in [4.69, 9.17) is 0 Å². The topological polar surface area (TPSA) is 32.3 Å². The third kappa shape index (κ3) is 3.90. The predicted molar refractivity (Wildman–Crippen MR) is 77.2 cm³/mol. The number of rotatable bonds is 5. The molecule has 100 valence electrons. The lowest BCUT2D eigenvalue weighted by Gasteiger charge is -2.27. The SMILES string of the molecule is CNCCc1ccccc1CN1CCS(=O)CC1. The van der Waals surface area contributed by atoms with E-state index in [0.717, 1.165) is 44.1 Å². The highest BCUT2D eigenvalue weighted by atomic mass is 32.2. The lowest BCUT2D eigenvalue weighted by Crippen LogP contribution is -2.37. The van der Waals surface area contributed by atoms with Crippen molar-refractivity contribution < 1.29 is 4.21 Å². The quantitative estimate of drug-likeness (QED) is 0.863. The average molecular weight is 266 g/mol. The van der Waals surface area contributed by atoms with Gasteiger partial charge in [0.05, 0.1) is 0 Å². The highest BCUT2D eigenvalue weighted by Gasteiger charge is 2.15. The molecule has 1 saturated heterocycles. The van der Waals surface area contributed by atoms with Gasteiger partial charge in [-0.05, 0) is 31.1 Å². The van der Waals surface area contributed by atoms with E-state index in [1.54, 1.807) is 0 Å². The number of nitrogens with zero attached hydrogens (tertiary/aromatic N) is 1. The fourth-order valence-electron chi connectivity index (χ4n) is 2.29. The fraction of sp³-hybridized carbons (Fsp3) is 0.571. The predicted octanol–water partition coefficient (Wildman–Crippen LogP) is 1.01. The van der Waals surface area contributed by atoms with Gasteiger partial charge in [-0.15, -0.1) is 0 Å². The molecule has 4 heteroatoms. The zero-order valence-electron chi connectivity index (χ0n) is 11.0. The maximum absolute atomic E-state index is 11.3. The highest BCUT2D eigenvalue weighted by molar-refractivity contribution is 7.85. The van der Waals surface area contributed by atoms with E-state index in [-0.39, 0.29) is 0 Å². The largest absolute Gasteiger partial charge is 0.319 e. The van der Waals surface area contributed by atoms with Crippen LogP contribution in [0.2, 0.25) is 0 Å². The first-order chi connectivity index (χ1) is 8.79. The van der Waals surface area contributed by atoms with Gasteiger partial charge >= 0.3 is 0 Å². The first-order valence-electron chi connectivity index (χ1n) is 6.58. The molecule has 0 unspecified atom stereocenters. The Morgan fingerprint density at radius 2 is 1.89 bits per heavy atom. The van der Waals surface area contributed by atoms with Crippen molar-refractivity contribution >= 4 is 10.8 Å². The highest BCUT2D eigenvalue weighted by Crippen LogP contribution is 2.13. The standard InChI is InChI=1S/C14H22N2OS/c1-15-7-6-13-4-2-3-5-14(13)12-16-8-10-18(17)11-9-16/h2-5,15H,6-12H2,1H3. The summed E-state index contributed by atoms with van der Waals surface area (Å²) in [7, 11) is 1.41. The molecule has 0 spiro atoms. The van der Waals surface area contributed by atoms with Crippen molar-refractivity contribution in [2.45, 2.75) is 13.0 Å². The van der Waals surface area contributed by atoms with Gasteiger partial charge in [0, 0.05) is 41.9 Å². The van der Waals surface area contributed by atoms with Crippen molar-refractivity contribution in [3.05, 3.63) is 35.4 Å². The lowest BCUT2D eigenvalue weighted by atomic mass is 10.0. The number of hydrogen-bond donors (Lipinski definition) is 1. The minimum Gasteiger partial charge on any atom is -0.319 e. The number of likely N-dealkylation sites (N-methyl/N-ethyl adjacent to an activating group) is 1. The molecule has 1 N–H and O–H groups in total. The third-order valence-electron chi connectivity index (χ3n) is 3.43.